The van der Waals surface area contributed by atoms with E-state index in [9.17, 15) is 4.79 Å². The minimum absolute atomic E-state index is 0.0465. The molecular weight excluding hydrogens is 568 g/mol. The van der Waals surface area contributed by atoms with Crippen LogP contribution in [0.3, 0.4) is 0 Å². The standard InChI is InChI=1S/C38H46O7/c1-28(43-26-29-10-7-6-8-11-29)36(44-27-31-14-18-34(41-5)19-15-31)24-35-22-32(39)23-37(45-35)38(2,3)20-9-21-42-25-30-12-16-33(40-4)17-13-30/h6-20,23,28,35-36H,21-22,24-27H2,1-5H3/b20-9+/t28-,35?,36-/m0/s1. The first kappa shape index (κ1) is 34.0. The second-order valence-corrected chi connectivity index (χ2v) is 11.8. The summed E-state index contributed by atoms with van der Waals surface area (Å²) in [6, 6.07) is 25.7. The van der Waals surface area contributed by atoms with Crippen molar-refractivity contribution >= 4 is 5.78 Å². The van der Waals surface area contributed by atoms with Crippen molar-refractivity contribution in [3.05, 3.63) is 120 Å². The number of hydrogen-bond acceptors (Lipinski definition) is 7. The predicted molar refractivity (Wildman–Crippen MR) is 175 cm³/mol. The first-order chi connectivity index (χ1) is 21.8. The van der Waals surface area contributed by atoms with Gasteiger partial charge in [0.05, 0.1) is 52.9 Å². The normalized spacial score (nSPS) is 16.6. The average Bonchev–Trinajstić information content (AvgIpc) is 3.06. The van der Waals surface area contributed by atoms with Gasteiger partial charge in [-0.1, -0.05) is 66.7 Å². The molecule has 3 aromatic rings. The molecule has 3 aromatic carbocycles. The average molecular weight is 615 g/mol. The molecule has 240 valence electrons. The monoisotopic (exact) mass is 614 g/mol. The van der Waals surface area contributed by atoms with E-state index in [1.54, 1.807) is 20.3 Å². The Morgan fingerprint density at radius 3 is 2.02 bits per heavy atom. The van der Waals surface area contributed by atoms with E-state index in [0.29, 0.717) is 45.0 Å². The lowest BCUT2D eigenvalue weighted by molar-refractivity contribution is -0.123. The molecule has 7 heteroatoms. The number of allylic oxidation sites excluding steroid dienone is 2. The highest BCUT2D eigenvalue weighted by molar-refractivity contribution is 5.91. The van der Waals surface area contributed by atoms with Gasteiger partial charge in [-0.05, 0) is 61.7 Å². The van der Waals surface area contributed by atoms with Crippen molar-refractivity contribution in [1.82, 2.24) is 0 Å². The lowest BCUT2D eigenvalue weighted by Gasteiger charge is -2.34. The highest BCUT2D eigenvalue weighted by Crippen LogP contribution is 2.35. The number of benzene rings is 3. The van der Waals surface area contributed by atoms with Crippen molar-refractivity contribution < 1.29 is 33.2 Å². The number of ketones is 1. The van der Waals surface area contributed by atoms with Crippen molar-refractivity contribution in [1.29, 1.82) is 0 Å². The molecule has 7 nitrogen and oxygen atoms in total. The van der Waals surface area contributed by atoms with Gasteiger partial charge in [-0.2, -0.15) is 0 Å². The van der Waals surface area contributed by atoms with E-state index >= 15 is 0 Å². The van der Waals surface area contributed by atoms with E-state index in [0.717, 1.165) is 28.2 Å². The molecule has 0 spiro atoms. The lowest BCUT2D eigenvalue weighted by Crippen LogP contribution is -2.36. The van der Waals surface area contributed by atoms with Crippen LogP contribution in [0, 0.1) is 5.41 Å². The van der Waals surface area contributed by atoms with E-state index in [1.807, 2.05) is 112 Å². The van der Waals surface area contributed by atoms with E-state index in [1.165, 1.54) is 0 Å². The zero-order chi connectivity index (χ0) is 32.1. The third-order valence-electron chi connectivity index (χ3n) is 7.82. The molecule has 3 atom stereocenters. The second kappa shape index (κ2) is 17.0. The summed E-state index contributed by atoms with van der Waals surface area (Å²) >= 11 is 0. The molecule has 1 aliphatic heterocycles. The maximum Gasteiger partial charge on any atom is 0.162 e. The Kier molecular flexibility index (Phi) is 12.8. The third-order valence-corrected chi connectivity index (χ3v) is 7.82. The molecule has 1 heterocycles. The summed E-state index contributed by atoms with van der Waals surface area (Å²) in [4.78, 5) is 12.9. The Hall–Kier alpha value is -3.91. The fraction of sp³-hybridized carbons (Fsp3) is 0.395. The van der Waals surface area contributed by atoms with Crippen LogP contribution in [0.5, 0.6) is 11.5 Å². The molecule has 0 N–H and O–H groups in total. The van der Waals surface area contributed by atoms with Crippen LogP contribution in [0.25, 0.3) is 0 Å². The Morgan fingerprint density at radius 1 is 0.822 bits per heavy atom. The minimum atomic E-state index is -0.493. The Morgan fingerprint density at radius 2 is 1.40 bits per heavy atom. The minimum Gasteiger partial charge on any atom is -0.497 e. The lowest BCUT2D eigenvalue weighted by atomic mass is 9.87. The van der Waals surface area contributed by atoms with Crippen molar-refractivity contribution in [2.75, 3.05) is 20.8 Å². The molecule has 0 aliphatic carbocycles. The van der Waals surface area contributed by atoms with Crippen LogP contribution in [-0.4, -0.2) is 44.9 Å². The molecule has 0 saturated carbocycles. The maximum atomic E-state index is 12.9. The first-order valence-electron chi connectivity index (χ1n) is 15.5. The van der Waals surface area contributed by atoms with Gasteiger partial charge in [0.2, 0.25) is 0 Å². The van der Waals surface area contributed by atoms with Gasteiger partial charge in [-0.15, -0.1) is 0 Å². The smallest absolute Gasteiger partial charge is 0.162 e. The highest BCUT2D eigenvalue weighted by atomic mass is 16.5. The summed E-state index contributed by atoms with van der Waals surface area (Å²) < 4.78 is 35.5. The van der Waals surface area contributed by atoms with Gasteiger partial charge in [0, 0.05) is 24.3 Å². The van der Waals surface area contributed by atoms with Crippen LogP contribution in [0.4, 0.5) is 0 Å². The van der Waals surface area contributed by atoms with Crippen LogP contribution < -0.4 is 9.47 Å². The Balaban J connectivity index is 1.36. The quantitative estimate of drug-likeness (QED) is 0.114. The first-order valence-corrected chi connectivity index (χ1v) is 15.5. The van der Waals surface area contributed by atoms with Crippen LogP contribution >= 0.6 is 0 Å². The zero-order valence-corrected chi connectivity index (χ0v) is 27.1. The van der Waals surface area contributed by atoms with Gasteiger partial charge in [0.1, 0.15) is 23.4 Å². The molecule has 0 aromatic heterocycles. The van der Waals surface area contributed by atoms with Gasteiger partial charge < -0.3 is 28.4 Å². The SMILES string of the molecule is COc1ccc(COC/C=C/C(C)(C)C2=CC(=O)CC(C[C@H](OCc3ccc(OC)cc3)[C@H](C)OCc3ccccc3)O2)cc1. The van der Waals surface area contributed by atoms with Gasteiger partial charge in [-0.25, -0.2) is 0 Å². The number of ether oxygens (including phenoxy) is 6. The topological polar surface area (TPSA) is 72.5 Å². The van der Waals surface area contributed by atoms with Gasteiger partial charge in [0.15, 0.2) is 5.78 Å². The van der Waals surface area contributed by atoms with Crippen LogP contribution in [0.2, 0.25) is 0 Å². The second-order valence-electron chi connectivity index (χ2n) is 11.8. The number of carbonyl (C=O) groups excluding carboxylic acids is 1. The zero-order valence-electron chi connectivity index (χ0n) is 27.1. The van der Waals surface area contributed by atoms with Crippen molar-refractivity contribution in [2.45, 2.75) is 71.7 Å². The number of hydrogen-bond donors (Lipinski definition) is 0. The molecule has 4 rings (SSSR count). The summed E-state index contributed by atoms with van der Waals surface area (Å²) in [6.07, 6.45) is 5.59. The fourth-order valence-corrected chi connectivity index (χ4v) is 5.03. The predicted octanol–water partition coefficient (Wildman–Crippen LogP) is 7.63. The summed E-state index contributed by atoms with van der Waals surface area (Å²) in [6.45, 7) is 7.91. The highest BCUT2D eigenvalue weighted by Gasteiger charge is 2.33. The molecule has 1 aliphatic rings. The number of methoxy groups -OCH3 is 2. The summed E-state index contributed by atoms with van der Waals surface area (Å²) in [5, 5.41) is 0. The van der Waals surface area contributed by atoms with Crippen LogP contribution in [-0.2, 0) is 43.6 Å². The third kappa shape index (κ3) is 10.9. The Bertz CT molecular complexity index is 1380. The van der Waals surface area contributed by atoms with E-state index in [2.05, 4.69) is 0 Å². The maximum absolute atomic E-state index is 12.9. The molecule has 0 radical (unpaired) electrons. The number of rotatable bonds is 17. The van der Waals surface area contributed by atoms with E-state index in [4.69, 9.17) is 28.4 Å². The summed E-state index contributed by atoms with van der Waals surface area (Å²) in [5.41, 5.74) is 2.69. The molecule has 45 heavy (non-hydrogen) atoms. The van der Waals surface area contributed by atoms with Gasteiger partial charge in [0.25, 0.3) is 0 Å². The molecule has 0 saturated heterocycles. The molecule has 0 bridgehead atoms. The summed E-state index contributed by atoms with van der Waals surface area (Å²) in [7, 11) is 3.30. The fourth-order valence-electron chi connectivity index (χ4n) is 5.03. The summed E-state index contributed by atoms with van der Waals surface area (Å²) in [5.74, 6) is 2.30. The molecule has 1 unspecified atom stereocenters. The molecule has 0 amide bonds. The van der Waals surface area contributed by atoms with Gasteiger partial charge >= 0.3 is 0 Å². The molecular formula is C38H46O7. The van der Waals surface area contributed by atoms with Crippen LogP contribution in [0.15, 0.2) is 103 Å². The van der Waals surface area contributed by atoms with Crippen molar-refractivity contribution in [3.63, 3.8) is 0 Å². The van der Waals surface area contributed by atoms with Crippen molar-refractivity contribution in [2.24, 2.45) is 5.41 Å². The van der Waals surface area contributed by atoms with E-state index < -0.39 is 5.41 Å². The number of carbonyl (C=O) groups is 1. The van der Waals surface area contributed by atoms with Crippen LogP contribution in [0.1, 0.15) is 50.3 Å². The van der Waals surface area contributed by atoms with Gasteiger partial charge in [-0.3, -0.25) is 4.79 Å². The molecule has 0 fully saturated rings. The van der Waals surface area contributed by atoms with Crippen molar-refractivity contribution in [3.8, 4) is 11.5 Å². The Labute approximate surface area is 267 Å². The largest absolute Gasteiger partial charge is 0.497 e. The van der Waals surface area contributed by atoms with E-state index in [-0.39, 0.29) is 24.1 Å².